The fraction of sp³-hybridized carbons (Fsp3) is 0.317. The zero-order valence-corrected chi connectivity index (χ0v) is 32.0. The Morgan fingerprint density at radius 2 is 1.85 bits per heavy atom. The van der Waals surface area contributed by atoms with Crippen LogP contribution in [0.15, 0.2) is 63.4 Å². The Labute approximate surface area is 325 Å². The first-order valence-electron chi connectivity index (χ1n) is 18.3. The summed E-state index contributed by atoms with van der Waals surface area (Å²) >= 11 is 14.1. The van der Waals surface area contributed by atoms with Crippen LogP contribution in [-0.2, 0) is 28.5 Å². The van der Waals surface area contributed by atoms with Gasteiger partial charge in [0.15, 0.2) is 28.6 Å². The quantitative estimate of drug-likeness (QED) is 0.146. The van der Waals surface area contributed by atoms with Crippen molar-refractivity contribution in [1.82, 2.24) is 25.2 Å². The number of benzene rings is 3. The van der Waals surface area contributed by atoms with Crippen LogP contribution in [0.2, 0.25) is 10.3 Å². The summed E-state index contributed by atoms with van der Waals surface area (Å²) in [5, 5.41) is 21.6. The molecule has 5 aliphatic heterocycles. The van der Waals surface area contributed by atoms with Gasteiger partial charge in [0.2, 0.25) is 17.7 Å². The first kappa shape index (κ1) is 34.2. The van der Waals surface area contributed by atoms with Gasteiger partial charge in [-0.3, -0.25) is 9.59 Å². The fourth-order valence-electron chi connectivity index (χ4n) is 8.69. The maximum absolute atomic E-state index is 14.2. The molecule has 2 amide bonds. The summed E-state index contributed by atoms with van der Waals surface area (Å²) in [6.45, 7) is 7.37. The number of anilines is 1. The highest BCUT2D eigenvalue weighted by Gasteiger charge is 2.61. The Kier molecular flexibility index (Phi) is 7.37. The molecule has 55 heavy (non-hydrogen) atoms. The summed E-state index contributed by atoms with van der Waals surface area (Å²) < 4.78 is 22.3. The van der Waals surface area contributed by atoms with E-state index in [1.807, 2.05) is 61.9 Å². The minimum atomic E-state index is -1.30. The molecule has 11 rings (SSSR count). The lowest BCUT2D eigenvalue weighted by atomic mass is 9.72. The van der Waals surface area contributed by atoms with Crippen LogP contribution in [0.25, 0.3) is 44.9 Å². The lowest BCUT2D eigenvalue weighted by molar-refractivity contribution is -0.135. The van der Waals surface area contributed by atoms with Gasteiger partial charge in [0.05, 0.1) is 11.1 Å². The van der Waals surface area contributed by atoms with Crippen LogP contribution in [0.4, 0.5) is 5.69 Å². The van der Waals surface area contributed by atoms with Gasteiger partial charge in [-0.15, -0.1) is 0 Å². The number of aromatic nitrogens is 3. The van der Waals surface area contributed by atoms with E-state index in [-0.39, 0.29) is 46.6 Å². The molecule has 3 aromatic carbocycles. The molecule has 8 heterocycles. The minimum absolute atomic E-state index is 0.0964. The van der Waals surface area contributed by atoms with Gasteiger partial charge in [-0.05, 0) is 52.3 Å². The highest BCUT2D eigenvalue weighted by Crippen LogP contribution is 2.60. The van der Waals surface area contributed by atoms with Gasteiger partial charge in [0, 0.05) is 30.1 Å². The maximum atomic E-state index is 14.2. The third-order valence-electron chi connectivity index (χ3n) is 11.5. The van der Waals surface area contributed by atoms with E-state index in [0.29, 0.717) is 22.2 Å². The number of nitrogens with one attached hydrogen (secondary N) is 3. The van der Waals surface area contributed by atoms with E-state index >= 15 is 0 Å². The Morgan fingerprint density at radius 1 is 1.04 bits per heavy atom. The number of ether oxygens (including phenoxy) is 1. The number of amides is 2. The molecule has 4 N–H and O–H groups in total. The van der Waals surface area contributed by atoms with E-state index in [0.717, 1.165) is 44.4 Å². The molecule has 0 aliphatic carbocycles. The number of hydrogen-bond donors (Lipinski definition) is 4. The summed E-state index contributed by atoms with van der Waals surface area (Å²) in [5.74, 6) is -0.0610. The van der Waals surface area contributed by atoms with Crippen molar-refractivity contribution in [2.45, 2.75) is 63.9 Å². The van der Waals surface area contributed by atoms with Crippen LogP contribution in [-0.4, -0.2) is 49.8 Å². The van der Waals surface area contributed by atoms with E-state index in [2.05, 4.69) is 34.1 Å². The van der Waals surface area contributed by atoms with E-state index in [1.54, 1.807) is 13.8 Å². The van der Waals surface area contributed by atoms with Gasteiger partial charge in [0.1, 0.15) is 34.5 Å². The van der Waals surface area contributed by atoms with Crippen LogP contribution in [0, 0.1) is 11.8 Å². The van der Waals surface area contributed by atoms with Crippen molar-refractivity contribution in [3.63, 3.8) is 0 Å². The van der Waals surface area contributed by atoms with Gasteiger partial charge < -0.3 is 39.2 Å². The Bertz CT molecular complexity index is 2640. The number of carbonyl (C=O) groups is 2. The van der Waals surface area contributed by atoms with Crippen molar-refractivity contribution < 1.29 is 28.3 Å². The first-order valence-corrected chi connectivity index (χ1v) is 19.1. The number of oxazole rings is 2. The van der Waals surface area contributed by atoms with Gasteiger partial charge in [-0.2, -0.15) is 4.98 Å². The van der Waals surface area contributed by atoms with E-state index < -0.39 is 41.6 Å². The molecule has 0 saturated heterocycles. The molecule has 14 heteroatoms. The monoisotopic (exact) mass is 778 g/mol. The molecular weight excluding hydrogens is 743 g/mol. The van der Waals surface area contributed by atoms with Gasteiger partial charge in [-0.25, -0.2) is 4.98 Å². The first-order chi connectivity index (χ1) is 26.4. The predicted octanol–water partition coefficient (Wildman–Crippen LogP) is 7.13. The second-order valence-corrected chi connectivity index (χ2v) is 16.2. The Balaban J connectivity index is 1.28. The van der Waals surface area contributed by atoms with Crippen molar-refractivity contribution in [3.8, 4) is 39.8 Å². The highest BCUT2D eigenvalue weighted by atomic mass is 35.5. The normalized spacial score (nSPS) is 22.1. The molecule has 12 nitrogen and oxygen atoms in total. The van der Waals surface area contributed by atoms with Crippen molar-refractivity contribution in [3.05, 3.63) is 93.2 Å². The molecule has 5 atom stereocenters. The molecule has 3 aromatic heterocycles. The molecule has 0 saturated carbocycles. The SMILES string of the molecule is CC(C)[C@H](O)C(=O)N[C@H]1Cc2ccc3c(c2)[C@]24c5ccc(cc5NC2O3)-c2cccc3c2c(c(Cl)n3C)-c2oc(nc2Cl)-c2nc(oc24)[C@H](C(C)C)NC1=O. The molecule has 1 spiro atoms. The summed E-state index contributed by atoms with van der Waals surface area (Å²) in [6.07, 6.45) is -1.84. The lowest BCUT2D eigenvalue weighted by Gasteiger charge is -2.29. The van der Waals surface area contributed by atoms with Gasteiger partial charge in [0.25, 0.3) is 5.89 Å². The third kappa shape index (κ3) is 4.68. The van der Waals surface area contributed by atoms with E-state index in [9.17, 15) is 14.7 Å². The number of aliphatic hydroxyl groups is 1. The van der Waals surface area contributed by atoms with E-state index in [1.165, 1.54) is 0 Å². The minimum Gasteiger partial charge on any atom is -0.469 e. The maximum Gasteiger partial charge on any atom is 0.250 e. The van der Waals surface area contributed by atoms with Crippen LogP contribution in [0.3, 0.4) is 0 Å². The number of aliphatic hydroxyl groups excluding tert-OH is 1. The van der Waals surface area contributed by atoms with Crippen molar-refractivity contribution in [2.75, 3.05) is 5.32 Å². The third-order valence-corrected chi connectivity index (χ3v) is 12.2. The molecule has 6 aromatic rings. The summed E-state index contributed by atoms with van der Waals surface area (Å²) in [4.78, 5) is 37.3. The van der Waals surface area contributed by atoms with Crippen LogP contribution in [0.1, 0.15) is 62.1 Å². The van der Waals surface area contributed by atoms with Crippen LogP contribution < -0.4 is 20.7 Å². The summed E-state index contributed by atoms with van der Waals surface area (Å²) in [7, 11) is 1.89. The average Bonchev–Trinajstić information content (AvgIpc) is 3.95. The van der Waals surface area contributed by atoms with Gasteiger partial charge >= 0.3 is 0 Å². The van der Waals surface area contributed by atoms with Crippen molar-refractivity contribution in [2.24, 2.45) is 18.9 Å². The number of carbonyl (C=O) groups excluding carboxylic acids is 2. The Morgan fingerprint density at radius 3 is 2.64 bits per heavy atom. The van der Waals surface area contributed by atoms with Crippen molar-refractivity contribution in [1.29, 1.82) is 0 Å². The van der Waals surface area contributed by atoms with Gasteiger partial charge in [-0.1, -0.05) is 87.3 Å². The second-order valence-electron chi connectivity index (χ2n) is 15.5. The summed E-state index contributed by atoms with van der Waals surface area (Å²) in [6, 6.07) is 16.3. The molecule has 1 unspecified atom stereocenters. The molecule has 280 valence electrons. The number of aryl methyl sites for hydroxylation is 1. The predicted molar refractivity (Wildman–Crippen MR) is 206 cm³/mol. The number of halogens is 2. The average molecular weight is 780 g/mol. The van der Waals surface area contributed by atoms with Crippen molar-refractivity contribution >= 4 is 51.6 Å². The summed E-state index contributed by atoms with van der Waals surface area (Å²) in [5.41, 5.74) is 5.74. The number of nitrogens with zero attached hydrogens (tertiary/aromatic N) is 3. The van der Waals surface area contributed by atoms with E-state index in [4.69, 9.17) is 46.7 Å². The molecule has 0 radical (unpaired) electrons. The zero-order valence-electron chi connectivity index (χ0n) is 30.5. The largest absolute Gasteiger partial charge is 0.469 e. The molecular formula is C41H36Cl2N6O6. The topological polar surface area (TPSA) is 157 Å². The number of hydrogen-bond acceptors (Lipinski definition) is 9. The standard InChI is InChI=1S/C41H36Cl2N6O6/c1-16(2)29-38-47-30-33(55-38)41-21-11-10-19(20-7-6-8-25-27(20)28(35(43)49(25)5)32-34(42)48-39(30)54-32)15-23(21)45-40(41)53-26-12-9-18(13-22(26)41)14-24(36(51)46-29)44-37(52)31(50)17(3)4/h6-13,15-17,24,29,31,40,45,50H,14H2,1-5H3,(H,44,52)(H,46,51)/t24-,29-,31-,40?,41-/m0/s1. The van der Waals surface area contributed by atoms with Crippen LogP contribution in [0.5, 0.6) is 5.75 Å². The number of fused-ring (bicyclic) bond motifs is 3. The zero-order chi connectivity index (χ0) is 38.2. The highest BCUT2D eigenvalue weighted by molar-refractivity contribution is 6.37. The lowest BCUT2D eigenvalue weighted by Crippen LogP contribution is -2.52. The molecule has 0 fully saturated rings. The second kappa shape index (κ2) is 11.8. The Hall–Kier alpha value is -5.30. The smallest absolute Gasteiger partial charge is 0.250 e. The molecule has 5 aliphatic rings. The molecule has 10 bridgehead atoms. The fourth-order valence-corrected chi connectivity index (χ4v) is 9.17. The van der Waals surface area contributed by atoms with Crippen LogP contribution >= 0.6 is 23.2 Å². The number of rotatable bonds is 4.